The molecule has 0 atom stereocenters. The fraction of sp³-hybridized carbons (Fsp3) is 0.368. The van der Waals surface area contributed by atoms with Crippen LogP contribution in [-0.2, 0) is 11.2 Å². The second-order valence-electron chi connectivity index (χ2n) is 6.49. The normalized spacial score (nSPS) is 20.2. The maximum Gasteiger partial charge on any atom is 0.226 e. The molecular formula is C19H20N4O2S. The number of benzene rings is 1. The van der Waals surface area contributed by atoms with Crippen molar-refractivity contribution in [3.63, 3.8) is 0 Å². The topological polar surface area (TPSA) is 80.9 Å². The molecule has 0 aliphatic heterocycles. The largest absolute Gasteiger partial charge is 0.356 e. The number of carbonyl (C=O) groups excluding carboxylic acids is 1. The van der Waals surface area contributed by atoms with Crippen LogP contribution in [-0.4, -0.2) is 32.3 Å². The van der Waals surface area contributed by atoms with Crippen molar-refractivity contribution in [3.8, 4) is 0 Å². The number of rotatable bonds is 5. The summed E-state index contributed by atoms with van der Waals surface area (Å²) in [5.74, 6) is 0.00606. The molecule has 0 spiro atoms. The van der Waals surface area contributed by atoms with Gasteiger partial charge in [0.2, 0.25) is 5.91 Å². The van der Waals surface area contributed by atoms with Crippen LogP contribution in [0.15, 0.2) is 52.4 Å². The maximum atomic E-state index is 12.4. The van der Waals surface area contributed by atoms with Crippen molar-refractivity contribution in [2.24, 2.45) is 0 Å². The van der Waals surface area contributed by atoms with Gasteiger partial charge in [-0.1, -0.05) is 29.1 Å². The molecule has 1 N–H and O–H groups in total. The number of para-hydroxylation sites is 1. The molecule has 4 rings (SSSR count). The van der Waals surface area contributed by atoms with E-state index in [0.717, 1.165) is 41.8 Å². The van der Waals surface area contributed by atoms with Gasteiger partial charge in [0.25, 0.3) is 0 Å². The van der Waals surface area contributed by atoms with Crippen molar-refractivity contribution in [2.75, 3.05) is 0 Å². The lowest BCUT2D eigenvalue weighted by atomic mass is 9.95. The first-order chi connectivity index (χ1) is 12.8. The highest BCUT2D eigenvalue weighted by atomic mass is 32.2. The second-order valence-corrected chi connectivity index (χ2v) is 7.76. The van der Waals surface area contributed by atoms with Crippen LogP contribution in [0.5, 0.6) is 0 Å². The summed E-state index contributed by atoms with van der Waals surface area (Å²) in [7, 11) is 0. The highest BCUT2D eigenvalue weighted by Gasteiger charge is 2.24. The minimum atomic E-state index is 0.00606. The Morgan fingerprint density at radius 3 is 2.69 bits per heavy atom. The van der Waals surface area contributed by atoms with Gasteiger partial charge in [-0.15, -0.1) is 0 Å². The fourth-order valence-electron chi connectivity index (χ4n) is 3.32. The Balaban J connectivity index is 1.27. The van der Waals surface area contributed by atoms with Crippen LogP contribution in [0.2, 0.25) is 0 Å². The predicted molar refractivity (Wildman–Crippen MR) is 99.8 cm³/mol. The highest BCUT2D eigenvalue weighted by molar-refractivity contribution is 7.99. The van der Waals surface area contributed by atoms with E-state index in [9.17, 15) is 4.79 Å². The lowest BCUT2D eigenvalue weighted by molar-refractivity contribution is -0.121. The molecule has 1 fully saturated rings. The number of carbonyl (C=O) groups is 1. The molecule has 0 saturated heterocycles. The Labute approximate surface area is 155 Å². The van der Waals surface area contributed by atoms with Crippen LogP contribution in [0.3, 0.4) is 0 Å². The van der Waals surface area contributed by atoms with E-state index in [2.05, 4.69) is 20.4 Å². The van der Waals surface area contributed by atoms with Gasteiger partial charge in [0.15, 0.2) is 10.7 Å². The standard InChI is InChI=1S/C19H20N4O2S/c24-18(12-16-15-4-1-2-5-17(15)25-23-16)22-13-6-8-14(9-7-13)26-19-20-10-3-11-21-19/h1-5,10-11,13-14H,6-9,12H2,(H,22,24). The lowest BCUT2D eigenvalue weighted by Crippen LogP contribution is -2.39. The first-order valence-corrected chi connectivity index (χ1v) is 9.72. The summed E-state index contributed by atoms with van der Waals surface area (Å²) in [6, 6.07) is 9.68. The Kier molecular flexibility index (Phi) is 5.15. The van der Waals surface area contributed by atoms with Crippen LogP contribution in [0, 0.1) is 0 Å². The molecule has 26 heavy (non-hydrogen) atoms. The summed E-state index contributed by atoms with van der Waals surface area (Å²) in [6.07, 6.45) is 7.88. The van der Waals surface area contributed by atoms with E-state index < -0.39 is 0 Å². The van der Waals surface area contributed by atoms with Crippen molar-refractivity contribution in [1.29, 1.82) is 0 Å². The van der Waals surface area contributed by atoms with Crippen molar-refractivity contribution in [2.45, 2.75) is 48.6 Å². The molecule has 1 aromatic carbocycles. The number of aromatic nitrogens is 3. The average molecular weight is 368 g/mol. The van der Waals surface area contributed by atoms with Crippen molar-refractivity contribution in [1.82, 2.24) is 20.4 Å². The molecule has 0 bridgehead atoms. The van der Waals surface area contributed by atoms with Gasteiger partial charge >= 0.3 is 0 Å². The van der Waals surface area contributed by atoms with Crippen LogP contribution in [0.1, 0.15) is 31.4 Å². The van der Waals surface area contributed by atoms with Gasteiger partial charge < -0.3 is 9.84 Å². The third-order valence-electron chi connectivity index (χ3n) is 4.63. The second kappa shape index (κ2) is 7.86. The lowest BCUT2D eigenvalue weighted by Gasteiger charge is -2.28. The zero-order chi connectivity index (χ0) is 17.8. The van der Waals surface area contributed by atoms with Gasteiger partial charge in [0.05, 0.1) is 6.42 Å². The molecule has 1 aliphatic rings. The molecule has 134 valence electrons. The van der Waals surface area contributed by atoms with E-state index in [1.165, 1.54) is 0 Å². The minimum absolute atomic E-state index is 0.00606. The number of hydrogen-bond donors (Lipinski definition) is 1. The summed E-state index contributed by atoms with van der Waals surface area (Å²) < 4.78 is 5.27. The number of thioether (sulfide) groups is 1. The van der Waals surface area contributed by atoms with Gasteiger partial charge in [-0.05, 0) is 43.9 Å². The molecule has 7 heteroatoms. The fourth-order valence-corrected chi connectivity index (χ4v) is 4.37. The molecule has 0 unspecified atom stereocenters. The Bertz CT molecular complexity index is 875. The minimum Gasteiger partial charge on any atom is -0.356 e. The molecule has 6 nitrogen and oxygen atoms in total. The van der Waals surface area contributed by atoms with E-state index in [1.807, 2.05) is 30.3 Å². The van der Waals surface area contributed by atoms with E-state index in [4.69, 9.17) is 4.52 Å². The van der Waals surface area contributed by atoms with Crippen LogP contribution < -0.4 is 5.32 Å². The van der Waals surface area contributed by atoms with E-state index in [1.54, 1.807) is 24.2 Å². The first kappa shape index (κ1) is 17.0. The maximum absolute atomic E-state index is 12.4. The van der Waals surface area contributed by atoms with E-state index >= 15 is 0 Å². The van der Waals surface area contributed by atoms with Gasteiger partial charge in [-0.25, -0.2) is 9.97 Å². The Morgan fingerprint density at radius 1 is 1.12 bits per heavy atom. The number of fused-ring (bicyclic) bond motifs is 1. The van der Waals surface area contributed by atoms with E-state index in [0.29, 0.717) is 10.9 Å². The zero-order valence-corrected chi connectivity index (χ0v) is 15.1. The predicted octanol–water partition coefficient (Wildman–Crippen LogP) is 3.38. The zero-order valence-electron chi connectivity index (χ0n) is 14.3. The van der Waals surface area contributed by atoms with E-state index in [-0.39, 0.29) is 18.4 Å². The number of nitrogens with one attached hydrogen (secondary N) is 1. The SMILES string of the molecule is O=C(Cc1noc2ccccc12)NC1CCC(Sc2ncccn2)CC1. The van der Waals surface area contributed by atoms with Crippen molar-refractivity contribution in [3.05, 3.63) is 48.4 Å². The molecule has 0 radical (unpaired) electrons. The van der Waals surface area contributed by atoms with Crippen LogP contribution >= 0.6 is 11.8 Å². The summed E-state index contributed by atoms with van der Waals surface area (Å²) in [4.78, 5) is 20.9. The molecule has 1 amide bonds. The molecular weight excluding hydrogens is 348 g/mol. The smallest absolute Gasteiger partial charge is 0.226 e. The molecule has 2 aromatic heterocycles. The Morgan fingerprint density at radius 2 is 1.88 bits per heavy atom. The number of nitrogens with zero attached hydrogens (tertiary/aromatic N) is 3. The third-order valence-corrected chi connectivity index (χ3v) is 5.86. The summed E-state index contributed by atoms with van der Waals surface area (Å²) in [6.45, 7) is 0. The average Bonchev–Trinajstić information content (AvgIpc) is 3.07. The summed E-state index contributed by atoms with van der Waals surface area (Å²) >= 11 is 1.73. The van der Waals surface area contributed by atoms with Crippen molar-refractivity contribution < 1.29 is 9.32 Å². The number of amides is 1. The molecule has 2 heterocycles. The number of hydrogen-bond acceptors (Lipinski definition) is 6. The van der Waals surface area contributed by atoms with Gasteiger partial charge in [-0.3, -0.25) is 4.79 Å². The van der Waals surface area contributed by atoms with Crippen LogP contribution in [0.25, 0.3) is 11.0 Å². The summed E-state index contributed by atoms with van der Waals surface area (Å²) in [5, 5.41) is 9.44. The molecule has 1 aliphatic carbocycles. The van der Waals surface area contributed by atoms with Gasteiger partial charge in [0, 0.05) is 29.1 Å². The summed E-state index contributed by atoms with van der Waals surface area (Å²) in [5.41, 5.74) is 1.42. The van der Waals surface area contributed by atoms with Gasteiger partial charge in [0.1, 0.15) is 5.69 Å². The highest BCUT2D eigenvalue weighted by Crippen LogP contribution is 2.31. The Hall–Kier alpha value is -2.41. The monoisotopic (exact) mass is 368 g/mol. The van der Waals surface area contributed by atoms with Crippen LogP contribution in [0.4, 0.5) is 0 Å². The quantitative estimate of drug-likeness (QED) is 0.696. The third kappa shape index (κ3) is 4.04. The molecule has 3 aromatic rings. The van der Waals surface area contributed by atoms with Gasteiger partial charge in [-0.2, -0.15) is 0 Å². The first-order valence-electron chi connectivity index (χ1n) is 8.84. The molecule has 1 saturated carbocycles. The van der Waals surface area contributed by atoms with Crippen molar-refractivity contribution >= 4 is 28.6 Å².